The Bertz CT molecular complexity index is 1000. The Morgan fingerprint density at radius 2 is 1.60 bits per heavy atom. The van der Waals surface area contributed by atoms with Gasteiger partial charge >= 0.3 is 0 Å². The van der Waals surface area contributed by atoms with Gasteiger partial charge in [-0.25, -0.2) is 8.42 Å². The molecule has 2 aromatic carbocycles. The van der Waals surface area contributed by atoms with Crippen LogP contribution in [0.5, 0.6) is 11.5 Å². The molecule has 0 saturated heterocycles. The lowest BCUT2D eigenvalue weighted by Crippen LogP contribution is -2.48. The smallest absolute Gasteiger partial charge is 0.244 e. The van der Waals surface area contributed by atoms with E-state index < -0.39 is 28.0 Å². The van der Waals surface area contributed by atoms with E-state index in [9.17, 15) is 13.2 Å². The zero-order valence-electron chi connectivity index (χ0n) is 18.5. The van der Waals surface area contributed by atoms with Crippen molar-refractivity contribution in [3.8, 4) is 11.5 Å². The number of sulfonamides is 1. The first-order valence-corrected chi connectivity index (χ1v) is 11.4. The Morgan fingerprint density at radius 3 is 2.10 bits per heavy atom. The third kappa shape index (κ3) is 5.44. The first-order valence-electron chi connectivity index (χ1n) is 9.58. The molecule has 7 nitrogen and oxygen atoms in total. The normalized spacial score (nSPS) is 13.3. The SMILES string of the molecule is COc1ccc(OC)c(C(C)NC(=O)C(C)N(c2cc(C)cc(C)c2)S(C)(=O)=O)c1. The topological polar surface area (TPSA) is 84.9 Å². The number of anilines is 1. The van der Waals surface area contributed by atoms with Gasteiger partial charge in [-0.2, -0.15) is 0 Å². The van der Waals surface area contributed by atoms with Crippen LogP contribution in [0.3, 0.4) is 0 Å². The largest absolute Gasteiger partial charge is 0.497 e. The van der Waals surface area contributed by atoms with E-state index in [1.165, 1.54) is 0 Å². The van der Waals surface area contributed by atoms with Gasteiger partial charge in [-0.3, -0.25) is 9.10 Å². The summed E-state index contributed by atoms with van der Waals surface area (Å²) < 4.78 is 36.9. The Hall–Kier alpha value is -2.74. The second-order valence-corrected chi connectivity index (χ2v) is 9.28. The molecule has 0 spiro atoms. The van der Waals surface area contributed by atoms with Crippen molar-refractivity contribution in [3.63, 3.8) is 0 Å². The zero-order valence-corrected chi connectivity index (χ0v) is 19.3. The fraction of sp³-hybridized carbons (Fsp3) is 0.409. The van der Waals surface area contributed by atoms with Gasteiger partial charge in [0.2, 0.25) is 15.9 Å². The summed E-state index contributed by atoms with van der Waals surface area (Å²) in [6.45, 7) is 7.16. The molecule has 0 aliphatic carbocycles. The average Bonchev–Trinajstić information content (AvgIpc) is 2.65. The first kappa shape index (κ1) is 23.5. The molecule has 2 rings (SSSR count). The molecule has 2 aromatic rings. The van der Waals surface area contributed by atoms with Gasteiger partial charge in [0.1, 0.15) is 17.5 Å². The number of nitrogens with zero attached hydrogens (tertiary/aromatic N) is 1. The van der Waals surface area contributed by atoms with Crippen molar-refractivity contribution >= 4 is 21.6 Å². The number of benzene rings is 2. The van der Waals surface area contributed by atoms with Crippen LogP contribution in [0.1, 0.15) is 36.6 Å². The lowest BCUT2D eigenvalue weighted by Gasteiger charge is -2.30. The van der Waals surface area contributed by atoms with Crippen molar-refractivity contribution in [1.82, 2.24) is 5.32 Å². The molecular weight excluding hydrogens is 404 g/mol. The molecule has 0 saturated carbocycles. The summed E-state index contributed by atoms with van der Waals surface area (Å²) >= 11 is 0. The third-order valence-electron chi connectivity index (χ3n) is 4.81. The molecule has 1 amide bonds. The number of aryl methyl sites for hydroxylation is 2. The van der Waals surface area contributed by atoms with E-state index in [2.05, 4.69) is 5.32 Å². The van der Waals surface area contributed by atoms with Crippen LogP contribution in [0.25, 0.3) is 0 Å². The van der Waals surface area contributed by atoms with Gasteiger partial charge in [-0.1, -0.05) is 6.07 Å². The number of hydrogen-bond acceptors (Lipinski definition) is 5. The Kier molecular flexibility index (Phi) is 7.36. The molecule has 0 bridgehead atoms. The fourth-order valence-corrected chi connectivity index (χ4v) is 4.63. The molecule has 0 aliphatic rings. The van der Waals surface area contributed by atoms with Crippen LogP contribution in [-0.4, -0.2) is 40.8 Å². The standard InChI is InChI=1S/C22H30N2O5S/c1-14-10-15(2)12-18(11-14)24(30(7,26)27)17(4)22(25)23-16(3)20-13-19(28-5)8-9-21(20)29-6/h8-13,16-17H,1-7H3,(H,23,25). The summed E-state index contributed by atoms with van der Waals surface area (Å²) in [4.78, 5) is 13.0. The number of methoxy groups -OCH3 is 2. The van der Waals surface area contributed by atoms with Crippen LogP contribution < -0.4 is 19.1 Å². The van der Waals surface area contributed by atoms with Crippen molar-refractivity contribution in [2.24, 2.45) is 0 Å². The molecule has 30 heavy (non-hydrogen) atoms. The van der Waals surface area contributed by atoms with Crippen molar-refractivity contribution in [3.05, 3.63) is 53.1 Å². The Morgan fingerprint density at radius 1 is 1.00 bits per heavy atom. The summed E-state index contributed by atoms with van der Waals surface area (Å²) in [5, 5.41) is 2.89. The van der Waals surface area contributed by atoms with Crippen LogP contribution in [0, 0.1) is 13.8 Å². The predicted molar refractivity (Wildman–Crippen MR) is 119 cm³/mol. The number of hydrogen-bond donors (Lipinski definition) is 1. The predicted octanol–water partition coefficient (Wildman–Crippen LogP) is 3.35. The Labute approximate surface area is 179 Å². The van der Waals surface area contributed by atoms with Gasteiger partial charge in [-0.05, 0) is 69.2 Å². The number of nitrogens with one attached hydrogen (secondary N) is 1. The summed E-state index contributed by atoms with van der Waals surface area (Å²) in [6.07, 6.45) is 1.10. The second kappa shape index (κ2) is 9.38. The van der Waals surface area contributed by atoms with Crippen LogP contribution in [0.4, 0.5) is 5.69 Å². The lowest BCUT2D eigenvalue weighted by atomic mass is 10.1. The molecular formula is C22H30N2O5S. The van der Waals surface area contributed by atoms with Crippen molar-refractivity contribution in [1.29, 1.82) is 0 Å². The van der Waals surface area contributed by atoms with E-state index in [0.29, 0.717) is 17.2 Å². The maximum Gasteiger partial charge on any atom is 0.244 e. The first-order chi connectivity index (χ1) is 14.0. The van der Waals surface area contributed by atoms with Gasteiger partial charge in [0.25, 0.3) is 0 Å². The van der Waals surface area contributed by atoms with Crippen molar-refractivity contribution in [2.45, 2.75) is 39.8 Å². The molecule has 0 aliphatic heterocycles. The van der Waals surface area contributed by atoms with E-state index in [1.54, 1.807) is 51.5 Å². The monoisotopic (exact) mass is 434 g/mol. The number of carbonyl (C=O) groups is 1. The highest BCUT2D eigenvalue weighted by Crippen LogP contribution is 2.30. The molecule has 8 heteroatoms. The minimum absolute atomic E-state index is 0.419. The van der Waals surface area contributed by atoms with E-state index in [1.807, 2.05) is 26.8 Å². The Balaban J connectivity index is 2.34. The second-order valence-electron chi connectivity index (χ2n) is 7.42. The van der Waals surface area contributed by atoms with E-state index in [4.69, 9.17) is 9.47 Å². The van der Waals surface area contributed by atoms with E-state index >= 15 is 0 Å². The maximum atomic E-state index is 13.0. The molecule has 0 heterocycles. The third-order valence-corrected chi connectivity index (χ3v) is 6.05. The highest BCUT2D eigenvalue weighted by atomic mass is 32.2. The number of amides is 1. The lowest BCUT2D eigenvalue weighted by molar-refractivity contribution is -0.122. The molecule has 0 fully saturated rings. The minimum Gasteiger partial charge on any atom is -0.497 e. The van der Waals surface area contributed by atoms with Gasteiger partial charge in [0, 0.05) is 5.56 Å². The van der Waals surface area contributed by atoms with Gasteiger partial charge < -0.3 is 14.8 Å². The summed E-state index contributed by atoms with van der Waals surface area (Å²) in [7, 11) is -0.582. The quantitative estimate of drug-likeness (QED) is 0.689. The number of carbonyl (C=O) groups excluding carboxylic acids is 1. The van der Waals surface area contributed by atoms with Crippen LogP contribution in [-0.2, 0) is 14.8 Å². The highest BCUT2D eigenvalue weighted by Gasteiger charge is 2.30. The summed E-state index contributed by atoms with van der Waals surface area (Å²) in [5.74, 6) is 0.815. The van der Waals surface area contributed by atoms with Crippen LogP contribution >= 0.6 is 0 Å². The number of rotatable bonds is 8. The van der Waals surface area contributed by atoms with E-state index in [-0.39, 0.29) is 0 Å². The van der Waals surface area contributed by atoms with Crippen molar-refractivity contribution < 1.29 is 22.7 Å². The summed E-state index contributed by atoms with van der Waals surface area (Å²) in [5.41, 5.74) is 3.03. The molecule has 2 atom stereocenters. The van der Waals surface area contributed by atoms with E-state index in [0.717, 1.165) is 27.3 Å². The number of ether oxygens (including phenoxy) is 2. The van der Waals surface area contributed by atoms with Crippen molar-refractivity contribution in [2.75, 3.05) is 24.8 Å². The average molecular weight is 435 g/mol. The maximum absolute atomic E-state index is 13.0. The van der Waals surface area contributed by atoms with Crippen LogP contribution in [0.2, 0.25) is 0 Å². The summed E-state index contributed by atoms with van der Waals surface area (Å²) in [6, 6.07) is 9.41. The zero-order chi connectivity index (χ0) is 22.6. The molecule has 0 aromatic heterocycles. The minimum atomic E-state index is -3.69. The molecule has 2 unspecified atom stereocenters. The molecule has 0 radical (unpaired) electrons. The molecule has 164 valence electrons. The van der Waals surface area contributed by atoms with Gasteiger partial charge in [-0.15, -0.1) is 0 Å². The highest BCUT2D eigenvalue weighted by molar-refractivity contribution is 7.92. The van der Waals surface area contributed by atoms with Gasteiger partial charge in [0.05, 0.1) is 32.2 Å². The fourth-order valence-electron chi connectivity index (χ4n) is 3.48. The molecule has 1 N–H and O–H groups in total. The van der Waals surface area contributed by atoms with Crippen LogP contribution in [0.15, 0.2) is 36.4 Å². The van der Waals surface area contributed by atoms with Gasteiger partial charge in [0.15, 0.2) is 0 Å².